The topological polar surface area (TPSA) is 43.1 Å². The van der Waals surface area contributed by atoms with Crippen molar-refractivity contribution in [2.75, 3.05) is 12.3 Å². The van der Waals surface area contributed by atoms with Crippen molar-refractivity contribution in [1.82, 2.24) is 0 Å². The highest BCUT2D eigenvalue weighted by Crippen LogP contribution is 2.42. The number of thioether (sulfide) groups is 1. The van der Waals surface area contributed by atoms with Crippen molar-refractivity contribution in [1.29, 1.82) is 0 Å². The zero-order chi connectivity index (χ0) is 14.3. The number of hydrogen-bond donors (Lipinski definition) is 1. The SMILES string of the molecule is NCCCCSC1(C(=O)c2ccccc2)CCCCC1. The Balaban J connectivity index is 2.08. The summed E-state index contributed by atoms with van der Waals surface area (Å²) in [7, 11) is 0. The van der Waals surface area contributed by atoms with Gasteiger partial charge in [-0.05, 0) is 38.0 Å². The van der Waals surface area contributed by atoms with Crippen molar-refractivity contribution < 1.29 is 4.79 Å². The minimum Gasteiger partial charge on any atom is -0.330 e. The molecule has 0 spiro atoms. The molecule has 0 amide bonds. The van der Waals surface area contributed by atoms with E-state index >= 15 is 0 Å². The lowest BCUT2D eigenvalue weighted by molar-refractivity contribution is 0.0919. The number of carbonyl (C=O) groups excluding carboxylic acids is 1. The van der Waals surface area contributed by atoms with E-state index in [1.54, 1.807) is 0 Å². The molecule has 0 aromatic heterocycles. The summed E-state index contributed by atoms with van der Waals surface area (Å²) in [6.45, 7) is 0.750. The normalized spacial score (nSPS) is 17.9. The number of unbranched alkanes of at least 4 members (excludes halogenated alkanes) is 1. The Morgan fingerprint density at radius 2 is 1.80 bits per heavy atom. The molecule has 3 heteroatoms. The zero-order valence-electron chi connectivity index (χ0n) is 12.1. The van der Waals surface area contributed by atoms with Gasteiger partial charge in [0, 0.05) is 5.56 Å². The van der Waals surface area contributed by atoms with Crippen LogP contribution in [0.4, 0.5) is 0 Å². The van der Waals surface area contributed by atoms with Gasteiger partial charge in [0.1, 0.15) is 0 Å². The molecular formula is C17H25NOS. The second kappa shape index (κ2) is 7.84. The van der Waals surface area contributed by atoms with Crippen LogP contribution < -0.4 is 5.73 Å². The molecule has 110 valence electrons. The Bertz CT molecular complexity index is 412. The number of rotatable bonds is 7. The summed E-state index contributed by atoms with van der Waals surface area (Å²) in [6, 6.07) is 9.81. The molecule has 1 saturated carbocycles. The lowest BCUT2D eigenvalue weighted by atomic mass is 9.83. The highest BCUT2D eigenvalue weighted by molar-refractivity contribution is 8.01. The van der Waals surface area contributed by atoms with Crippen LogP contribution in [0.5, 0.6) is 0 Å². The summed E-state index contributed by atoms with van der Waals surface area (Å²) >= 11 is 1.88. The molecule has 0 heterocycles. The van der Waals surface area contributed by atoms with Crippen LogP contribution in [0.2, 0.25) is 0 Å². The first kappa shape index (κ1) is 15.6. The molecule has 1 aliphatic carbocycles. The van der Waals surface area contributed by atoms with Gasteiger partial charge in [-0.3, -0.25) is 4.79 Å². The van der Waals surface area contributed by atoms with Gasteiger partial charge in [-0.1, -0.05) is 49.6 Å². The summed E-state index contributed by atoms with van der Waals surface area (Å²) < 4.78 is -0.172. The molecule has 1 aromatic carbocycles. The molecule has 2 N–H and O–H groups in total. The molecule has 0 radical (unpaired) electrons. The lowest BCUT2D eigenvalue weighted by Gasteiger charge is -2.35. The Hall–Kier alpha value is -0.800. The van der Waals surface area contributed by atoms with Crippen molar-refractivity contribution >= 4 is 17.5 Å². The van der Waals surface area contributed by atoms with Gasteiger partial charge >= 0.3 is 0 Å². The van der Waals surface area contributed by atoms with E-state index in [0.29, 0.717) is 5.78 Å². The van der Waals surface area contributed by atoms with Crippen LogP contribution in [0, 0.1) is 0 Å². The van der Waals surface area contributed by atoms with Gasteiger partial charge < -0.3 is 5.73 Å². The maximum absolute atomic E-state index is 12.9. The van der Waals surface area contributed by atoms with Crippen LogP contribution in [-0.4, -0.2) is 22.8 Å². The Morgan fingerprint density at radius 1 is 1.10 bits per heavy atom. The highest BCUT2D eigenvalue weighted by Gasteiger charge is 2.39. The molecule has 1 aromatic rings. The molecule has 0 aliphatic heterocycles. The van der Waals surface area contributed by atoms with Crippen LogP contribution in [-0.2, 0) is 0 Å². The van der Waals surface area contributed by atoms with Crippen LogP contribution in [0.25, 0.3) is 0 Å². The molecule has 2 rings (SSSR count). The van der Waals surface area contributed by atoms with Crippen molar-refractivity contribution in [3.05, 3.63) is 35.9 Å². The van der Waals surface area contributed by atoms with Crippen LogP contribution in [0.3, 0.4) is 0 Å². The summed E-state index contributed by atoms with van der Waals surface area (Å²) in [6.07, 6.45) is 7.88. The minimum absolute atomic E-state index is 0.172. The predicted molar refractivity (Wildman–Crippen MR) is 87.3 cm³/mol. The molecule has 1 aliphatic rings. The summed E-state index contributed by atoms with van der Waals surface area (Å²) in [5.74, 6) is 1.39. The summed E-state index contributed by atoms with van der Waals surface area (Å²) in [5.41, 5.74) is 6.43. The van der Waals surface area contributed by atoms with Gasteiger partial charge in [0.2, 0.25) is 0 Å². The minimum atomic E-state index is -0.172. The Kier molecular flexibility index (Phi) is 6.11. The van der Waals surface area contributed by atoms with E-state index in [1.165, 1.54) is 19.3 Å². The highest BCUT2D eigenvalue weighted by atomic mass is 32.2. The summed E-state index contributed by atoms with van der Waals surface area (Å²) in [4.78, 5) is 12.9. The van der Waals surface area contributed by atoms with E-state index < -0.39 is 0 Å². The monoisotopic (exact) mass is 291 g/mol. The van der Waals surface area contributed by atoms with Crippen LogP contribution in [0.1, 0.15) is 55.3 Å². The van der Waals surface area contributed by atoms with E-state index in [0.717, 1.165) is 43.5 Å². The van der Waals surface area contributed by atoms with E-state index in [2.05, 4.69) is 0 Å². The zero-order valence-corrected chi connectivity index (χ0v) is 13.0. The van der Waals surface area contributed by atoms with Gasteiger partial charge in [-0.2, -0.15) is 0 Å². The lowest BCUT2D eigenvalue weighted by Crippen LogP contribution is -2.37. The van der Waals surface area contributed by atoms with E-state index in [9.17, 15) is 4.79 Å². The molecular weight excluding hydrogens is 266 g/mol. The fourth-order valence-corrected chi connectivity index (χ4v) is 4.49. The fraction of sp³-hybridized carbons (Fsp3) is 0.588. The van der Waals surface area contributed by atoms with E-state index in [1.807, 2.05) is 42.1 Å². The van der Waals surface area contributed by atoms with Gasteiger partial charge in [0.25, 0.3) is 0 Å². The quantitative estimate of drug-likeness (QED) is 0.609. The first-order chi connectivity index (χ1) is 9.78. The van der Waals surface area contributed by atoms with Crippen molar-refractivity contribution in [2.45, 2.75) is 49.7 Å². The molecule has 0 bridgehead atoms. The van der Waals surface area contributed by atoms with Crippen LogP contribution >= 0.6 is 11.8 Å². The van der Waals surface area contributed by atoms with E-state index in [4.69, 9.17) is 5.73 Å². The van der Waals surface area contributed by atoms with Crippen LogP contribution in [0.15, 0.2) is 30.3 Å². The molecule has 20 heavy (non-hydrogen) atoms. The smallest absolute Gasteiger partial charge is 0.178 e. The van der Waals surface area contributed by atoms with Gasteiger partial charge in [-0.25, -0.2) is 0 Å². The van der Waals surface area contributed by atoms with Gasteiger partial charge in [0.05, 0.1) is 4.75 Å². The Labute approximate surface area is 126 Å². The van der Waals surface area contributed by atoms with E-state index in [-0.39, 0.29) is 4.75 Å². The third-order valence-electron chi connectivity index (χ3n) is 4.09. The van der Waals surface area contributed by atoms with Gasteiger partial charge in [-0.15, -0.1) is 11.8 Å². The fourth-order valence-electron chi connectivity index (χ4n) is 2.93. The standard InChI is InChI=1S/C17H25NOS/c18-13-7-8-14-20-17(11-5-2-6-12-17)16(19)15-9-3-1-4-10-15/h1,3-4,9-10H,2,5-8,11-14,18H2. The Morgan fingerprint density at radius 3 is 2.45 bits per heavy atom. The molecule has 0 saturated heterocycles. The van der Waals surface area contributed by atoms with Gasteiger partial charge in [0.15, 0.2) is 5.78 Å². The number of nitrogens with two attached hydrogens (primary N) is 1. The molecule has 0 unspecified atom stereocenters. The largest absolute Gasteiger partial charge is 0.330 e. The molecule has 2 nitrogen and oxygen atoms in total. The maximum Gasteiger partial charge on any atom is 0.178 e. The van der Waals surface area contributed by atoms with Crippen molar-refractivity contribution in [3.8, 4) is 0 Å². The predicted octanol–water partition coefficient (Wildman–Crippen LogP) is 4.04. The molecule has 0 atom stereocenters. The number of benzene rings is 1. The third kappa shape index (κ3) is 3.86. The maximum atomic E-state index is 12.9. The average molecular weight is 291 g/mol. The number of Topliss-reactive ketones (excluding diaryl/α,β-unsaturated/α-hetero) is 1. The average Bonchev–Trinajstić information content (AvgIpc) is 2.53. The first-order valence-corrected chi connectivity index (χ1v) is 8.71. The number of ketones is 1. The number of hydrogen-bond acceptors (Lipinski definition) is 3. The van der Waals surface area contributed by atoms with Crippen molar-refractivity contribution in [2.24, 2.45) is 5.73 Å². The second-order valence-electron chi connectivity index (χ2n) is 5.59. The third-order valence-corrected chi connectivity index (χ3v) is 5.73. The van der Waals surface area contributed by atoms with Crippen molar-refractivity contribution in [3.63, 3.8) is 0 Å². The number of carbonyl (C=O) groups is 1. The first-order valence-electron chi connectivity index (χ1n) is 7.72. The molecule has 1 fully saturated rings. The summed E-state index contributed by atoms with van der Waals surface area (Å²) in [5, 5.41) is 0. The second-order valence-corrected chi connectivity index (χ2v) is 7.07.